The Balaban J connectivity index is 2.13. The second kappa shape index (κ2) is 5.19. The SMILES string of the molecule is CC(C)Cc1cccc(C(NN)C2CC2C)c1. The summed E-state index contributed by atoms with van der Waals surface area (Å²) in [6.45, 7) is 6.82. The number of nitrogens with two attached hydrogens (primary N) is 1. The molecule has 1 saturated carbocycles. The first kappa shape index (κ1) is 12.6. The zero-order chi connectivity index (χ0) is 12.4. The van der Waals surface area contributed by atoms with Crippen LogP contribution in [0.2, 0.25) is 0 Å². The summed E-state index contributed by atoms with van der Waals surface area (Å²) in [6, 6.07) is 9.21. The number of hydrazine groups is 1. The molecule has 0 aliphatic heterocycles. The average Bonchev–Trinajstić information content (AvgIpc) is 2.96. The van der Waals surface area contributed by atoms with Crippen LogP contribution in [-0.2, 0) is 6.42 Å². The van der Waals surface area contributed by atoms with Crippen LogP contribution in [0.25, 0.3) is 0 Å². The summed E-state index contributed by atoms with van der Waals surface area (Å²) in [5.41, 5.74) is 5.76. The molecule has 1 aliphatic carbocycles. The van der Waals surface area contributed by atoms with Crippen molar-refractivity contribution in [2.45, 2.75) is 39.7 Å². The molecule has 2 heteroatoms. The average molecular weight is 232 g/mol. The molecule has 3 unspecified atom stereocenters. The van der Waals surface area contributed by atoms with Crippen LogP contribution < -0.4 is 11.3 Å². The molecule has 1 aliphatic rings. The predicted molar refractivity (Wildman–Crippen MR) is 72.3 cm³/mol. The van der Waals surface area contributed by atoms with E-state index in [4.69, 9.17) is 5.84 Å². The minimum Gasteiger partial charge on any atom is -0.271 e. The highest BCUT2D eigenvalue weighted by Crippen LogP contribution is 2.46. The van der Waals surface area contributed by atoms with Crippen LogP contribution in [0.4, 0.5) is 0 Å². The van der Waals surface area contributed by atoms with Gasteiger partial charge in [-0.15, -0.1) is 0 Å². The number of benzene rings is 1. The van der Waals surface area contributed by atoms with Crippen LogP contribution in [0.1, 0.15) is 44.4 Å². The molecule has 0 amide bonds. The molecule has 0 bridgehead atoms. The Hall–Kier alpha value is -0.860. The molecule has 0 spiro atoms. The summed E-state index contributed by atoms with van der Waals surface area (Å²) in [6.07, 6.45) is 2.44. The van der Waals surface area contributed by atoms with Crippen LogP contribution in [0, 0.1) is 17.8 Å². The van der Waals surface area contributed by atoms with Gasteiger partial charge in [-0.1, -0.05) is 45.0 Å². The van der Waals surface area contributed by atoms with Gasteiger partial charge in [-0.2, -0.15) is 0 Å². The van der Waals surface area contributed by atoms with E-state index < -0.39 is 0 Å². The van der Waals surface area contributed by atoms with E-state index in [1.807, 2.05) is 0 Å². The Labute approximate surface area is 105 Å². The lowest BCUT2D eigenvalue weighted by Gasteiger charge is -2.17. The number of rotatable bonds is 5. The molecule has 17 heavy (non-hydrogen) atoms. The highest BCUT2D eigenvalue weighted by Gasteiger charge is 2.39. The summed E-state index contributed by atoms with van der Waals surface area (Å²) in [5, 5.41) is 0. The Morgan fingerprint density at radius 3 is 2.65 bits per heavy atom. The van der Waals surface area contributed by atoms with Gasteiger partial charge in [-0.3, -0.25) is 11.3 Å². The van der Waals surface area contributed by atoms with Crippen molar-refractivity contribution in [1.29, 1.82) is 0 Å². The molecule has 1 aromatic rings. The third kappa shape index (κ3) is 3.08. The van der Waals surface area contributed by atoms with Crippen LogP contribution in [0.15, 0.2) is 24.3 Å². The fraction of sp³-hybridized carbons (Fsp3) is 0.600. The van der Waals surface area contributed by atoms with Gasteiger partial charge < -0.3 is 0 Å². The first-order valence-electron chi connectivity index (χ1n) is 6.66. The Bertz CT molecular complexity index is 373. The minimum atomic E-state index is 0.331. The van der Waals surface area contributed by atoms with Gasteiger partial charge >= 0.3 is 0 Å². The van der Waals surface area contributed by atoms with Crippen LogP contribution in [0.5, 0.6) is 0 Å². The second-order valence-corrected chi connectivity index (χ2v) is 5.86. The van der Waals surface area contributed by atoms with E-state index in [0.717, 1.165) is 12.3 Å². The maximum Gasteiger partial charge on any atom is 0.0490 e. The fourth-order valence-electron chi connectivity index (χ4n) is 2.67. The number of hydrogen-bond donors (Lipinski definition) is 2. The summed E-state index contributed by atoms with van der Waals surface area (Å²) in [4.78, 5) is 0. The summed E-state index contributed by atoms with van der Waals surface area (Å²) in [5.74, 6) is 7.94. The molecular weight excluding hydrogens is 208 g/mol. The maximum absolute atomic E-state index is 5.71. The third-order valence-electron chi connectivity index (χ3n) is 3.73. The van der Waals surface area contributed by atoms with E-state index in [1.54, 1.807) is 0 Å². The van der Waals surface area contributed by atoms with Gasteiger partial charge in [-0.05, 0) is 41.7 Å². The van der Waals surface area contributed by atoms with Crippen molar-refractivity contribution >= 4 is 0 Å². The van der Waals surface area contributed by atoms with E-state index >= 15 is 0 Å². The molecule has 0 aromatic heterocycles. The van der Waals surface area contributed by atoms with E-state index in [1.165, 1.54) is 17.5 Å². The summed E-state index contributed by atoms with van der Waals surface area (Å²) >= 11 is 0. The van der Waals surface area contributed by atoms with Crippen molar-refractivity contribution in [3.05, 3.63) is 35.4 Å². The zero-order valence-electron chi connectivity index (χ0n) is 11.1. The summed E-state index contributed by atoms with van der Waals surface area (Å²) in [7, 11) is 0. The van der Waals surface area contributed by atoms with E-state index in [9.17, 15) is 0 Å². The third-order valence-corrected chi connectivity index (χ3v) is 3.73. The standard InChI is InChI=1S/C15H24N2/c1-10(2)7-12-5-4-6-13(9-12)15(17-16)14-8-11(14)3/h4-6,9-11,14-15,17H,7-8,16H2,1-3H3. The van der Waals surface area contributed by atoms with Crippen LogP contribution in [-0.4, -0.2) is 0 Å². The van der Waals surface area contributed by atoms with E-state index in [0.29, 0.717) is 17.9 Å². The minimum absolute atomic E-state index is 0.331. The fourth-order valence-corrected chi connectivity index (χ4v) is 2.67. The van der Waals surface area contributed by atoms with Gasteiger partial charge in [0.1, 0.15) is 0 Å². The summed E-state index contributed by atoms with van der Waals surface area (Å²) < 4.78 is 0. The smallest absolute Gasteiger partial charge is 0.0490 e. The van der Waals surface area contributed by atoms with E-state index in [-0.39, 0.29) is 0 Å². The molecule has 3 N–H and O–H groups in total. The van der Waals surface area contributed by atoms with Gasteiger partial charge in [0.2, 0.25) is 0 Å². The van der Waals surface area contributed by atoms with Crippen LogP contribution in [0.3, 0.4) is 0 Å². The van der Waals surface area contributed by atoms with Crippen molar-refractivity contribution in [3.8, 4) is 0 Å². The first-order chi connectivity index (χ1) is 8.11. The highest BCUT2D eigenvalue weighted by atomic mass is 15.2. The Morgan fingerprint density at radius 1 is 1.41 bits per heavy atom. The molecule has 94 valence electrons. The Kier molecular flexibility index (Phi) is 3.85. The van der Waals surface area contributed by atoms with Crippen LogP contribution >= 0.6 is 0 Å². The number of nitrogens with one attached hydrogen (secondary N) is 1. The predicted octanol–water partition coefficient (Wildman–Crippen LogP) is 3.05. The molecular formula is C15H24N2. The van der Waals surface area contributed by atoms with Crippen molar-refractivity contribution in [2.75, 3.05) is 0 Å². The van der Waals surface area contributed by atoms with Crippen molar-refractivity contribution < 1.29 is 0 Å². The maximum atomic E-state index is 5.71. The lowest BCUT2D eigenvalue weighted by atomic mass is 9.96. The zero-order valence-corrected chi connectivity index (χ0v) is 11.1. The molecule has 0 heterocycles. The van der Waals surface area contributed by atoms with Crippen molar-refractivity contribution in [2.24, 2.45) is 23.6 Å². The molecule has 2 nitrogen and oxygen atoms in total. The second-order valence-electron chi connectivity index (χ2n) is 5.86. The molecule has 1 fully saturated rings. The van der Waals surface area contributed by atoms with Gasteiger partial charge in [0.25, 0.3) is 0 Å². The van der Waals surface area contributed by atoms with Gasteiger partial charge in [0.15, 0.2) is 0 Å². The lowest BCUT2D eigenvalue weighted by Crippen LogP contribution is -2.30. The Morgan fingerprint density at radius 2 is 2.12 bits per heavy atom. The van der Waals surface area contributed by atoms with Crippen molar-refractivity contribution in [1.82, 2.24) is 5.43 Å². The lowest BCUT2D eigenvalue weighted by molar-refractivity contribution is 0.475. The molecule has 0 saturated heterocycles. The quantitative estimate of drug-likeness (QED) is 0.605. The molecule has 1 aromatic carbocycles. The number of hydrogen-bond acceptors (Lipinski definition) is 2. The van der Waals surface area contributed by atoms with Gasteiger partial charge in [0, 0.05) is 6.04 Å². The monoisotopic (exact) mass is 232 g/mol. The van der Waals surface area contributed by atoms with E-state index in [2.05, 4.69) is 50.5 Å². The van der Waals surface area contributed by atoms with Gasteiger partial charge in [0.05, 0.1) is 0 Å². The molecule has 3 atom stereocenters. The molecule has 2 rings (SSSR count). The van der Waals surface area contributed by atoms with Crippen molar-refractivity contribution in [3.63, 3.8) is 0 Å². The molecule has 0 radical (unpaired) electrons. The first-order valence-corrected chi connectivity index (χ1v) is 6.66. The topological polar surface area (TPSA) is 38.0 Å². The highest BCUT2D eigenvalue weighted by molar-refractivity contribution is 5.28. The van der Waals surface area contributed by atoms with Gasteiger partial charge in [-0.25, -0.2) is 0 Å². The largest absolute Gasteiger partial charge is 0.271 e. The normalized spacial score (nSPS) is 25.0.